The standard InChI is InChI=1S/C37H45BrN4O6/c1-36(2,3)32(39-35(47)48-4)33(45)40-41(22-25-14-16-27(38)17-15-25)19-18-37(21-24-10-6-5-7-11-24)30(44)23-42(34(37)46)31-28-13-9-8-12-26(28)20-29(31)43/h5-17,29-32,43-44H,18-23H2,1-4H3,(H,39,47)(H,40,45)/t29-,30+,31+,32-,37+/m1/s1. The Bertz CT molecular complexity index is 1600. The number of aliphatic hydroxyl groups excluding tert-OH is 2. The number of likely N-dealkylation sites (tertiary alicyclic amines) is 1. The van der Waals surface area contributed by atoms with Crippen molar-refractivity contribution in [1.29, 1.82) is 0 Å². The van der Waals surface area contributed by atoms with E-state index in [1.165, 1.54) is 7.11 Å². The van der Waals surface area contributed by atoms with Gasteiger partial charge in [-0.05, 0) is 52.6 Å². The van der Waals surface area contributed by atoms with E-state index < -0.39 is 47.1 Å². The van der Waals surface area contributed by atoms with E-state index in [-0.39, 0.29) is 31.8 Å². The monoisotopic (exact) mass is 720 g/mol. The molecule has 3 aromatic carbocycles. The number of amides is 3. The molecule has 2 aliphatic rings. The first-order valence-corrected chi connectivity index (χ1v) is 17.0. The lowest BCUT2D eigenvalue weighted by Gasteiger charge is -2.36. The van der Waals surface area contributed by atoms with Crippen molar-refractivity contribution in [1.82, 2.24) is 20.7 Å². The Balaban J connectivity index is 1.46. The van der Waals surface area contributed by atoms with E-state index in [9.17, 15) is 24.6 Å². The van der Waals surface area contributed by atoms with Crippen molar-refractivity contribution in [2.75, 3.05) is 20.2 Å². The average Bonchev–Trinajstić information content (AvgIpc) is 3.50. The molecule has 256 valence electrons. The fourth-order valence-electron chi connectivity index (χ4n) is 6.95. The van der Waals surface area contributed by atoms with E-state index in [1.54, 1.807) is 9.91 Å². The maximum Gasteiger partial charge on any atom is 0.407 e. The topological polar surface area (TPSA) is 131 Å². The zero-order valence-corrected chi connectivity index (χ0v) is 29.4. The second-order valence-corrected chi connectivity index (χ2v) is 14.8. The number of aliphatic hydroxyl groups is 2. The van der Waals surface area contributed by atoms with E-state index >= 15 is 0 Å². The Morgan fingerprint density at radius 2 is 1.69 bits per heavy atom. The van der Waals surface area contributed by atoms with Crippen LogP contribution in [-0.2, 0) is 33.7 Å². The van der Waals surface area contributed by atoms with Gasteiger partial charge in [0, 0.05) is 30.5 Å². The quantitative estimate of drug-likeness (QED) is 0.214. The lowest BCUT2D eigenvalue weighted by molar-refractivity contribution is -0.142. The Morgan fingerprint density at radius 1 is 1.02 bits per heavy atom. The van der Waals surface area contributed by atoms with Crippen molar-refractivity contribution in [2.24, 2.45) is 10.8 Å². The molecule has 1 aliphatic carbocycles. The number of hydrogen-bond acceptors (Lipinski definition) is 7. The number of methoxy groups -OCH3 is 1. The smallest absolute Gasteiger partial charge is 0.407 e. The van der Waals surface area contributed by atoms with Gasteiger partial charge in [-0.15, -0.1) is 0 Å². The van der Waals surface area contributed by atoms with Crippen LogP contribution < -0.4 is 10.7 Å². The molecule has 5 atom stereocenters. The number of ether oxygens (including phenoxy) is 1. The van der Waals surface area contributed by atoms with Crippen LogP contribution in [0.3, 0.4) is 0 Å². The summed E-state index contributed by atoms with van der Waals surface area (Å²) in [6.45, 7) is 6.13. The molecule has 1 saturated heterocycles. The third-order valence-corrected chi connectivity index (χ3v) is 10.0. The van der Waals surface area contributed by atoms with E-state index in [1.807, 2.05) is 99.6 Å². The van der Waals surface area contributed by atoms with Gasteiger partial charge in [0.1, 0.15) is 6.04 Å². The third-order valence-electron chi connectivity index (χ3n) is 9.52. The summed E-state index contributed by atoms with van der Waals surface area (Å²) in [4.78, 5) is 42.3. The lowest BCUT2D eigenvalue weighted by atomic mass is 9.75. The number of alkyl carbamates (subject to hydrolysis) is 1. The average molecular weight is 722 g/mol. The number of halogens is 1. The predicted octanol–water partition coefficient (Wildman–Crippen LogP) is 4.53. The highest BCUT2D eigenvalue weighted by Crippen LogP contribution is 2.46. The summed E-state index contributed by atoms with van der Waals surface area (Å²) in [7, 11) is 1.25. The van der Waals surface area contributed by atoms with Crippen molar-refractivity contribution in [3.8, 4) is 0 Å². The molecule has 11 heteroatoms. The van der Waals surface area contributed by atoms with E-state index in [0.29, 0.717) is 13.0 Å². The molecule has 1 fully saturated rings. The number of fused-ring (bicyclic) bond motifs is 1. The highest BCUT2D eigenvalue weighted by molar-refractivity contribution is 9.10. The Hall–Kier alpha value is -3.77. The second kappa shape index (κ2) is 14.8. The van der Waals surface area contributed by atoms with E-state index in [2.05, 4.69) is 26.7 Å². The molecular formula is C37H45BrN4O6. The van der Waals surface area contributed by atoms with Gasteiger partial charge in [0.05, 0.1) is 30.8 Å². The van der Waals surface area contributed by atoms with Gasteiger partial charge in [-0.25, -0.2) is 9.80 Å². The van der Waals surface area contributed by atoms with Crippen molar-refractivity contribution >= 4 is 33.8 Å². The molecule has 0 unspecified atom stereocenters. The molecule has 4 N–H and O–H groups in total. The number of carbonyl (C=O) groups excluding carboxylic acids is 3. The Labute approximate surface area is 290 Å². The van der Waals surface area contributed by atoms with Gasteiger partial charge < -0.3 is 25.2 Å². The van der Waals surface area contributed by atoms with Gasteiger partial charge in [0.25, 0.3) is 5.91 Å². The van der Waals surface area contributed by atoms with Crippen LogP contribution in [0.5, 0.6) is 0 Å². The van der Waals surface area contributed by atoms with Crippen LogP contribution in [0.15, 0.2) is 83.3 Å². The normalized spacial score (nSPS) is 22.8. The fourth-order valence-corrected chi connectivity index (χ4v) is 7.21. The molecule has 0 bridgehead atoms. The van der Waals surface area contributed by atoms with Crippen molar-refractivity contribution < 1.29 is 29.3 Å². The highest BCUT2D eigenvalue weighted by atomic mass is 79.9. The van der Waals surface area contributed by atoms with Crippen LogP contribution in [0.1, 0.15) is 55.5 Å². The van der Waals surface area contributed by atoms with Crippen molar-refractivity contribution in [2.45, 2.75) is 70.9 Å². The molecular weight excluding hydrogens is 676 g/mol. The zero-order valence-electron chi connectivity index (χ0n) is 27.9. The maximum absolute atomic E-state index is 14.7. The van der Waals surface area contributed by atoms with Gasteiger partial charge in [0.15, 0.2) is 0 Å². The molecule has 0 saturated carbocycles. The molecule has 0 spiro atoms. The number of hydrazine groups is 1. The highest BCUT2D eigenvalue weighted by Gasteiger charge is 2.56. The third kappa shape index (κ3) is 7.75. The predicted molar refractivity (Wildman–Crippen MR) is 185 cm³/mol. The van der Waals surface area contributed by atoms with E-state index in [0.717, 1.165) is 26.7 Å². The maximum atomic E-state index is 14.7. The summed E-state index contributed by atoms with van der Waals surface area (Å²) < 4.78 is 5.70. The molecule has 1 heterocycles. The first kappa shape index (κ1) is 35.5. The van der Waals surface area contributed by atoms with Crippen LogP contribution in [0, 0.1) is 10.8 Å². The van der Waals surface area contributed by atoms with Crippen LogP contribution in [-0.4, -0.2) is 76.5 Å². The fraction of sp³-hybridized carbons (Fsp3) is 0.432. The lowest BCUT2D eigenvalue weighted by Crippen LogP contribution is -2.57. The van der Waals surface area contributed by atoms with Crippen molar-refractivity contribution in [3.05, 3.63) is 106 Å². The van der Waals surface area contributed by atoms with Gasteiger partial charge in [0.2, 0.25) is 5.91 Å². The number of benzene rings is 3. The number of carbonyl (C=O) groups is 3. The molecule has 48 heavy (non-hydrogen) atoms. The van der Waals surface area contributed by atoms with Crippen molar-refractivity contribution in [3.63, 3.8) is 0 Å². The first-order valence-electron chi connectivity index (χ1n) is 16.3. The molecule has 10 nitrogen and oxygen atoms in total. The Morgan fingerprint density at radius 3 is 2.35 bits per heavy atom. The summed E-state index contributed by atoms with van der Waals surface area (Å²) in [5, 5.41) is 27.4. The SMILES string of the molecule is COC(=O)N[C@H](C(=O)NN(CC[C@@]1(Cc2ccccc2)C(=O)N([C@H]2c3ccccc3C[C@H]2O)C[C@@H]1O)Cc1ccc(Br)cc1)C(C)(C)C. The molecule has 3 amide bonds. The summed E-state index contributed by atoms with van der Waals surface area (Å²) in [5.74, 6) is -0.665. The summed E-state index contributed by atoms with van der Waals surface area (Å²) in [6.07, 6.45) is -1.60. The van der Waals surface area contributed by atoms with Crippen LogP contribution in [0.25, 0.3) is 0 Å². The molecule has 1 aliphatic heterocycles. The summed E-state index contributed by atoms with van der Waals surface area (Å²) >= 11 is 3.47. The van der Waals surface area contributed by atoms with Crippen LogP contribution in [0.2, 0.25) is 0 Å². The van der Waals surface area contributed by atoms with Crippen LogP contribution >= 0.6 is 15.9 Å². The van der Waals surface area contributed by atoms with Gasteiger partial charge in [-0.3, -0.25) is 15.0 Å². The number of β-amino-alcohol motifs (C(OH)–C–C–N with tert-alkyl or cyclic N) is 1. The van der Waals surface area contributed by atoms with Crippen LogP contribution in [0.4, 0.5) is 4.79 Å². The minimum absolute atomic E-state index is 0.0793. The minimum atomic E-state index is -1.23. The molecule has 0 radical (unpaired) electrons. The number of nitrogens with one attached hydrogen (secondary N) is 2. The molecule has 0 aromatic heterocycles. The largest absolute Gasteiger partial charge is 0.453 e. The number of hydrogen-bond donors (Lipinski definition) is 4. The number of nitrogens with zero attached hydrogens (tertiary/aromatic N) is 2. The first-order chi connectivity index (χ1) is 22.8. The molecule has 3 aromatic rings. The summed E-state index contributed by atoms with van der Waals surface area (Å²) in [5.41, 5.74) is 4.84. The minimum Gasteiger partial charge on any atom is -0.453 e. The van der Waals surface area contributed by atoms with Gasteiger partial charge in [-0.1, -0.05) is 103 Å². The molecule has 5 rings (SSSR count). The second-order valence-electron chi connectivity index (χ2n) is 13.9. The Kier molecular flexibility index (Phi) is 10.9. The number of rotatable bonds is 11. The van der Waals surface area contributed by atoms with Gasteiger partial charge >= 0.3 is 6.09 Å². The zero-order chi connectivity index (χ0) is 34.6. The van der Waals surface area contributed by atoms with E-state index in [4.69, 9.17) is 4.74 Å². The van der Waals surface area contributed by atoms with Gasteiger partial charge in [-0.2, -0.15) is 0 Å². The summed E-state index contributed by atoms with van der Waals surface area (Å²) in [6, 6.07) is 23.6.